The predicted molar refractivity (Wildman–Crippen MR) is 85.1 cm³/mol. The van der Waals surface area contributed by atoms with Crippen LogP contribution in [0.3, 0.4) is 0 Å². The third-order valence-corrected chi connectivity index (χ3v) is 5.81. The molecule has 6 heteroatoms. The molecular weight excluding hydrogens is 300 g/mol. The number of aliphatic hydroxyl groups is 1. The third kappa shape index (κ3) is 2.86. The van der Waals surface area contributed by atoms with E-state index in [-0.39, 0.29) is 11.4 Å². The van der Waals surface area contributed by atoms with E-state index in [1.54, 1.807) is 30.5 Å². The molecule has 1 aromatic carbocycles. The van der Waals surface area contributed by atoms with Crippen LogP contribution in [0, 0.1) is 6.92 Å². The normalized spacial score (nSPS) is 17.9. The number of benzene rings is 1. The topological polar surface area (TPSA) is 79.3 Å². The van der Waals surface area contributed by atoms with E-state index in [0.717, 1.165) is 18.4 Å². The molecule has 0 saturated heterocycles. The summed E-state index contributed by atoms with van der Waals surface area (Å²) in [5.41, 5.74) is 0.708. The molecule has 5 nitrogen and oxygen atoms in total. The first-order valence-electron chi connectivity index (χ1n) is 7.48. The Balaban J connectivity index is 1.94. The van der Waals surface area contributed by atoms with Gasteiger partial charge in [0.25, 0.3) is 0 Å². The van der Waals surface area contributed by atoms with Crippen LogP contribution in [0.2, 0.25) is 0 Å². The minimum Gasteiger partial charge on any atom is -0.389 e. The second kappa shape index (κ2) is 5.61. The van der Waals surface area contributed by atoms with Crippen molar-refractivity contribution in [1.82, 2.24) is 9.71 Å². The van der Waals surface area contributed by atoms with Crippen LogP contribution >= 0.6 is 0 Å². The van der Waals surface area contributed by atoms with Crippen molar-refractivity contribution >= 4 is 20.9 Å². The van der Waals surface area contributed by atoms with Gasteiger partial charge in [-0.05, 0) is 43.5 Å². The number of nitrogens with one attached hydrogen (secondary N) is 1. The van der Waals surface area contributed by atoms with Gasteiger partial charge < -0.3 is 5.11 Å². The molecular formula is C16H20N2O3S. The van der Waals surface area contributed by atoms with Crippen molar-refractivity contribution in [2.75, 3.05) is 6.54 Å². The van der Waals surface area contributed by atoms with Gasteiger partial charge in [-0.15, -0.1) is 0 Å². The highest BCUT2D eigenvalue weighted by Gasteiger charge is 2.32. The number of hydrogen-bond acceptors (Lipinski definition) is 4. The molecule has 0 unspecified atom stereocenters. The molecule has 0 aliphatic heterocycles. The van der Waals surface area contributed by atoms with Crippen LogP contribution in [0.4, 0.5) is 0 Å². The van der Waals surface area contributed by atoms with E-state index in [0.29, 0.717) is 23.7 Å². The largest absolute Gasteiger partial charge is 0.389 e. The molecule has 118 valence electrons. The molecule has 0 spiro atoms. The molecule has 0 amide bonds. The smallest absolute Gasteiger partial charge is 0.241 e. The Morgan fingerprint density at radius 2 is 2.00 bits per heavy atom. The Labute approximate surface area is 130 Å². The zero-order valence-corrected chi connectivity index (χ0v) is 13.4. The lowest BCUT2D eigenvalue weighted by Crippen LogP contribution is -2.40. The predicted octanol–water partition coefficient (Wildman–Crippen LogP) is 2.13. The lowest BCUT2D eigenvalue weighted by Gasteiger charge is -2.22. The number of sulfonamides is 1. The van der Waals surface area contributed by atoms with E-state index in [2.05, 4.69) is 9.71 Å². The molecule has 1 heterocycles. The van der Waals surface area contributed by atoms with Crippen molar-refractivity contribution in [1.29, 1.82) is 0 Å². The zero-order valence-electron chi connectivity index (χ0n) is 12.5. The minimum atomic E-state index is -3.68. The maximum Gasteiger partial charge on any atom is 0.241 e. The average Bonchev–Trinajstić information content (AvgIpc) is 2.93. The van der Waals surface area contributed by atoms with Crippen LogP contribution in [-0.4, -0.2) is 30.7 Å². The van der Waals surface area contributed by atoms with Gasteiger partial charge in [0.05, 0.1) is 16.0 Å². The van der Waals surface area contributed by atoms with Crippen LogP contribution in [0.5, 0.6) is 0 Å². The first-order chi connectivity index (χ1) is 10.4. The van der Waals surface area contributed by atoms with E-state index < -0.39 is 15.6 Å². The number of fused-ring (bicyclic) bond motifs is 1. The number of hydrogen-bond donors (Lipinski definition) is 2. The van der Waals surface area contributed by atoms with Gasteiger partial charge in [0.1, 0.15) is 0 Å². The Kier molecular flexibility index (Phi) is 3.92. The van der Waals surface area contributed by atoms with E-state index in [1.165, 1.54) is 0 Å². The molecule has 3 rings (SSSR count). The molecule has 1 aliphatic carbocycles. The molecule has 0 bridgehead atoms. The van der Waals surface area contributed by atoms with E-state index in [9.17, 15) is 13.5 Å². The SMILES string of the molecule is Cc1ccc(S(=O)(=O)NCC2(O)CCCC2)c2cccnc12. The van der Waals surface area contributed by atoms with Gasteiger partial charge in [0.2, 0.25) is 10.0 Å². The molecule has 2 N–H and O–H groups in total. The van der Waals surface area contributed by atoms with Gasteiger partial charge in [-0.1, -0.05) is 18.9 Å². The highest BCUT2D eigenvalue weighted by molar-refractivity contribution is 7.89. The summed E-state index contributed by atoms with van der Waals surface area (Å²) >= 11 is 0. The van der Waals surface area contributed by atoms with Crippen molar-refractivity contribution in [3.8, 4) is 0 Å². The van der Waals surface area contributed by atoms with Gasteiger partial charge in [0, 0.05) is 18.1 Å². The number of aryl methyl sites for hydroxylation is 1. The highest BCUT2D eigenvalue weighted by Crippen LogP contribution is 2.30. The molecule has 1 saturated carbocycles. The summed E-state index contributed by atoms with van der Waals surface area (Å²) < 4.78 is 27.8. The Bertz CT molecular complexity index is 796. The summed E-state index contributed by atoms with van der Waals surface area (Å²) in [6.45, 7) is 1.96. The van der Waals surface area contributed by atoms with Crippen LogP contribution in [0.1, 0.15) is 31.2 Å². The average molecular weight is 320 g/mol. The molecule has 1 aliphatic rings. The maximum absolute atomic E-state index is 12.6. The van der Waals surface area contributed by atoms with Crippen LogP contribution in [0.25, 0.3) is 10.9 Å². The first-order valence-corrected chi connectivity index (χ1v) is 8.96. The fourth-order valence-corrected chi connectivity index (χ4v) is 4.35. The van der Waals surface area contributed by atoms with E-state index in [4.69, 9.17) is 0 Å². The number of pyridine rings is 1. The molecule has 2 aromatic rings. The van der Waals surface area contributed by atoms with Crippen LogP contribution < -0.4 is 4.72 Å². The summed E-state index contributed by atoms with van der Waals surface area (Å²) in [6, 6.07) is 6.84. The zero-order chi connectivity index (χ0) is 15.8. The van der Waals surface area contributed by atoms with Crippen LogP contribution in [0.15, 0.2) is 35.4 Å². The van der Waals surface area contributed by atoms with Crippen molar-refractivity contribution in [3.63, 3.8) is 0 Å². The first kappa shape index (κ1) is 15.4. The van der Waals surface area contributed by atoms with Crippen molar-refractivity contribution in [3.05, 3.63) is 36.0 Å². The van der Waals surface area contributed by atoms with Gasteiger partial charge in [0.15, 0.2) is 0 Å². The van der Waals surface area contributed by atoms with Crippen molar-refractivity contribution < 1.29 is 13.5 Å². The number of aromatic nitrogens is 1. The summed E-state index contributed by atoms with van der Waals surface area (Å²) in [6.07, 6.45) is 4.82. The monoisotopic (exact) mass is 320 g/mol. The minimum absolute atomic E-state index is 0.0605. The summed E-state index contributed by atoms with van der Waals surface area (Å²) in [5, 5.41) is 10.9. The Morgan fingerprint density at radius 3 is 2.73 bits per heavy atom. The second-order valence-corrected chi connectivity index (χ2v) is 7.77. The number of nitrogens with zero attached hydrogens (tertiary/aromatic N) is 1. The van der Waals surface area contributed by atoms with Crippen molar-refractivity contribution in [2.45, 2.75) is 43.1 Å². The summed E-state index contributed by atoms with van der Waals surface area (Å²) in [7, 11) is -3.68. The summed E-state index contributed by atoms with van der Waals surface area (Å²) in [4.78, 5) is 4.48. The Morgan fingerprint density at radius 1 is 1.27 bits per heavy atom. The van der Waals surface area contributed by atoms with Crippen LogP contribution in [-0.2, 0) is 10.0 Å². The molecule has 22 heavy (non-hydrogen) atoms. The maximum atomic E-state index is 12.6. The third-order valence-electron chi connectivity index (χ3n) is 4.35. The fourth-order valence-electron chi connectivity index (χ4n) is 3.04. The summed E-state index contributed by atoms with van der Waals surface area (Å²) in [5.74, 6) is 0. The van der Waals surface area contributed by atoms with Gasteiger partial charge >= 0.3 is 0 Å². The fraction of sp³-hybridized carbons (Fsp3) is 0.438. The van der Waals surface area contributed by atoms with Gasteiger partial charge in [-0.3, -0.25) is 4.98 Å². The standard InChI is InChI=1S/C16H20N2O3S/c1-12-6-7-14(13-5-4-10-17-15(12)13)22(20,21)18-11-16(19)8-2-3-9-16/h4-7,10,18-19H,2-3,8-9,11H2,1H3. The molecule has 1 aromatic heterocycles. The molecule has 1 fully saturated rings. The van der Waals surface area contributed by atoms with E-state index in [1.807, 2.05) is 6.92 Å². The van der Waals surface area contributed by atoms with Gasteiger partial charge in [-0.25, -0.2) is 13.1 Å². The quantitative estimate of drug-likeness (QED) is 0.904. The van der Waals surface area contributed by atoms with Gasteiger partial charge in [-0.2, -0.15) is 0 Å². The number of rotatable bonds is 4. The molecule has 0 atom stereocenters. The lowest BCUT2D eigenvalue weighted by atomic mass is 10.0. The highest BCUT2D eigenvalue weighted by atomic mass is 32.2. The Hall–Kier alpha value is -1.50. The second-order valence-electron chi connectivity index (χ2n) is 6.04. The lowest BCUT2D eigenvalue weighted by molar-refractivity contribution is 0.0532. The van der Waals surface area contributed by atoms with E-state index >= 15 is 0 Å². The molecule has 0 radical (unpaired) electrons. The van der Waals surface area contributed by atoms with Crippen molar-refractivity contribution in [2.24, 2.45) is 0 Å².